The number of ether oxygens (including phenoxy) is 1. The topological polar surface area (TPSA) is 9.23 Å². The summed E-state index contributed by atoms with van der Waals surface area (Å²) in [7, 11) is 0. The summed E-state index contributed by atoms with van der Waals surface area (Å²) in [6, 6.07) is 0. The van der Waals surface area contributed by atoms with Crippen LogP contribution < -0.4 is 0 Å². The minimum Gasteiger partial charge on any atom is -0.375 e. The molecule has 0 aromatic heterocycles. The molecule has 0 spiro atoms. The van der Waals surface area contributed by atoms with Crippen molar-refractivity contribution in [3.63, 3.8) is 0 Å². The molecule has 0 aliphatic rings. The monoisotopic (exact) mass is 158 g/mol. The van der Waals surface area contributed by atoms with Gasteiger partial charge >= 0.3 is 0 Å². The Labute approximate surface area is 71.1 Å². The van der Waals surface area contributed by atoms with Crippen molar-refractivity contribution in [2.75, 3.05) is 6.61 Å². The van der Waals surface area contributed by atoms with Gasteiger partial charge in [-0.15, -0.1) is 0 Å². The zero-order chi connectivity index (χ0) is 9.12. The van der Waals surface area contributed by atoms with Gasteiger partial charge in [-0.3, -0.25) is 0 Å². The Morgan fingerprint density at radius 1 is 1.00 bits per heavy atom. The molecule has 0 radical (unpaired) electrons. The predicted octanol–water partition coefficient (Wildman–Crippen LogP) is 3.24. The van der Waals surface area contributed by atoms with Crippen molar-refractivity contribution in [3.05, 3.63) is 0 Å². The summed E-state index contributed by atoms with van der Waals surface area (Å²) in [5.74, 6) is 0. The first-order valence-corrected chi connectivity index (χ1v) is 4.45. The van der Waals surface area contributed by atoms with E-state index in [1.54, 1.807) is 0 Å². The van der Waals surface area contributed by atoms with Gasteiger partial charge in [-0.05, 0) is 25.7 Å². The molecule has 0 atom stereocenters. The van der Waals surface area contributed by atoms with E-state index in [4.69, 9.17) is 4.74 Å². The summed E-state index contributed by atoms with van der Waals surface area (Å²) in [5, 5.41) is 0. The van der Waals surface area contributed by atoms with E-state index in [0.717, 1.165) is 13.0 Å². The zero-order valence-electron chi connectivity index (χ0n) is 8.82. The minimum absolute atomic E-state index is 0.0109. The Hall–Kier alpha value is -0.0400. The smallest absolute Gasteiger partial charge is 0.0674 e. The second kappa shape index (κ2) is 3.57. The molecule has 0 amide bonds. The Balaban J connectivity index is 4.00. The standard InChI is InChI=1S/C10H22O/c1-7-8-11-10(5,6)9(2,3)4/h7-8H2,1-6H3. The fourth-order valence-corrected chi connectivity index (χ4v) is 0.574. The van der Waals surface area contributed by atoms with Crippen LogP contribution in [-0.4, -0.2) is 12.2 Å². The van der Waals surface area contributed by atoms with Crippen molar-refractivity contribution in [1.29, 1.82) is 0 Å². The number of hydrogen-bond acceptors (Lipinski definition) is 1. The van der Waals surface area contributed by atoms with Gasteiger partial charge in [0.15, 0.2) is 0 Å². The summed E-state index contributed by atoms with van der Waals surface area (Å²) >= 11 is 0. The number of hydrogen-bond donors (Lipinski definition) is 0. The molecule has 1 heteroatoms. The Kier molecular flexibility index (Phi) is 3.56. The molecule has 1 nitrogen and oxygen atoms in total. The highest BCUT2D eigenvalue weighted by molar-refractivity contribution is 4.83. The van der Waals surface area contributed by atoms with Crippen LogP contribution in [0.4, 0.5) is 0 Å². The van der Waals surface area contributed by atoms with E-state index in [-0.39, 0.29) is 11.0 Å². The van der Waals surface area contributed by atoms with E-state index in [1.807, 2.05) is 0 Å². The van der Waals surface area contributed by atoms with E-state index in [0.29, 0.717) is 0 Å². The summed E-state index contributed by atoms with van der Waals surface area (Å²) in [6.07, 6.45) is 1.10. The molecule has 0 saturated carbocycles. The highest BCUT2D eigenvalue weighted by Gasteiger charge is 2.33. The van der Waals surface area contributed by atoms with Crippen LogP contribution in [0.2, 0.25) is 0 Å². The molecule has 0 aliphatic carbocycles. The van der Waals surface area contributed by atoms with Crippen molar-refractivity contribution >= 4 is 0 Å². The predicted molar refractivity (Wildman–Crippen MR) is 49.8 cm³/mol. The highest BCUT2D eigenvalue weighted by Crippen LogP contribution is 2.32. The summed E-state index contributed by atoms with van der Waals surface area (Å²) in [6.45, 7) is 13.9. The first kappa shape index (κ1) is 11.0. The molecule has 0 bridgehead atoms. The molecule has 0 fully saturated rings. The van der Waals surface area contributed by atoms with Crippen LogP contribution in [0.5, 0.6) is 0 Å². The van der Waals surface area contributed by atoms with E-state index in [9.17, 15) is 0 Å². The van der Waals surface area contributed by atoms with Crippen molar-refractivity contribution in [2.45, 2.75) is 53.6 Å². The molecule has 0 aromatic rings. The third-order valence-corrected chi connectivity index (χ3v) is 2.47. The quantitative estimate of drug-likeness (QED) is 0.612. The van der Waals surface area contributed by atoms with Crippen LogP contribution in [0.15, 0.2) is 0 Å². The molecular weight excluding hydrogens is 136 g/mol. The fraction of sp³-hybridized carbons (Fsp3) is 1.00. The number of rotatable bonds is 3. The van der Waals surface area contributed by atoms with Gasteiger partial charge < -0.3 is 4.74 Å². The molecule has 0 heterocycles. The molecule has 0 N–H and O–H groups in total. The third kappa shape index (κ3) is 3.24. The van der Waals surface area contributed by atoms with Gasteiger partial charge in [-0.25, -0.2) is 0 Å². The van der Waals surface area contributed by atoms with Gasteiger partial charge in [0.1, 0.15) is 0 Å². The largest absolute Gasteiger partial charge is 0.375 e. The van der Waals surface area contributed by atoms with Gasteiger partial charge in [0, 0.05) is 6.61 Å². The van der Waals surface area contributed by atoms with Crippen molar-refractivity contribution in [3.8, 4) is 0 Å². The zero-order valence-corrected chi connectivity index (χ0v) is 8.82. The lowest BCUT2D eigenvalue weighted by molar-refractivity contribution is -0.0898. The van der Waals surface area contributed by atoms with Crippen LogP contribution >= 0.6 is 0 Å². The Bertz CT molecular complexity index is 109. The Morgan fingerprint density at radius 2 is 1.45 bits per heavy atom. The minimum atomic E-state index is -0.0109. The normalized spacial score (nSPS) is 13.6. The first-order valence-electron chi connectivity index (χ1n) is 4.45. The molecule has 0 saturated heterocycles. The lowest BCUT2D eigenvalue weighted by Gasteiger charge is -2.38. The molecule has 0 aromatic carbocycles. The first-order chi connectivity index (χ1) is 4.81. The Morgan fingerprint density at radius 3 is 1.73 bits per heavy atom. The van der Waals surface area contributed by atoms with Gasteiger partial charge in [-0.2, -0.15) is 0 Å². The average molecular weight is 158 g/mol. The van der Waals surface area contributed by atoms with Crippen molar-refractivity contribution in [1.82, 2.24) is 0 Å². The molecule has 0 rings (SSSR count). The summed E-state index contributed by atoms with van der Waals surface area (Å²) < 4.78 is 5.74. The molecule has 11 heavy (non-hydrogen) atoms. The van der Waals surface area contributed by atoms with Crippen LogP contribution in [0, 0.1) is 5.41 Å². The lowest BCUT2D eigenvalue weighted by atomic mass is 9.79. The van der Waals surface area contributed by atoms with Crippen LogP contribution in [0.25, 0.3) is 0 Å². The SMILES string of the molecule is CCCOC(C)(C)C(C)(C)C. The van der Waals surface area contributed by atoms with Gasteiger partial charge in [-0.1, -0.05) is 27.7 Å². The maximum absolute atomic E-state index is 5.74. The van der Waals surface area contributed by atoms with Crippen LogP contribution in [0.3, 0.4) is 0 Å². The maximum Gasteiger partial charge on any atom is 0.0674 e. The van der Waals surface area contributed by atoms with Crippen LogP contribution in [0.1, 0.15) is 48.0 Å². The van der Waals surface area contributed by atoms with E-state index in [2.05, 4.69) is 41.5 Å². The second-order valence-corrected chi connectivity index (χ2v) is 4.61. The van der Waals surface area contributed by atoms with Crippen molar-refractivity contribution in [2.24, 2.45) is 5.41 Å². The lowest BCUT2D eigenvalue weighted by Crippen LogP contribution is -2.39. The highest BCUT2D eigenvalue weighted by atomic mass is 16.5. The maximum atomic E-state index is 5.74. The van der Waals surface area contributed by atoms with Gasteiger partial charge in [0.25, 0.3) is 0 Å². The second-order valence-electron chi connectivity index (χ2n) is 4.61. The molecule has 0 aliphatic heterocycles. The summed E-state index contributed by atoms with van der Waals surface area (Å²) in [4.78, 5) is 0. The molecule has 68 valence electrons. The molecule has 0 unspecified atom stereocenters. The van der Waals surface area contributed by atoms with E-state index in [1.165, 1.54) is 0 Å². The average Bonchev–Trinajstić information content (AvgIpc) is 1.81. The third-order valence-electron chi connectivity index (χ3n) is 2.47. The summed E-state index contributed by atoms with van der Waals surface area (Å²) in [5.41, 5.74) is 0.213. The van der Waals surface area contributed by atoms with Crippen LogP contribution in [-0.2, 0) is 4.74 Å². The van der Waals surface area contributed by atoms with E-state index < -0.39 is 0 Å². The van der Waals surface area contributed by atoms with Gasteiger partial charge in [0.05, 0.1) is 5.60 Å². The fourth-order valence-electron chi connectivity index (χ4n) is 0.574. The molecular formula is C10H22O. The van der Waals surface area contributed by atoms with Gasteiger partial charge in [0.2, 0.25) is 0 Å². The van der Waals surface area contributed by atoms with E-state index >= 15 is 0 Å². The van der Waals surface area contributed by atoms with Crippen molar-refractivity contribution < 1.29 is 4.74 Å².